The van der Waals surface area contributed by atoms with Crippen molar-refractivity contribution in [3.05, 3.63) is 60.2 Å². The molecule has 0 aliphatic rings. The van der Waals surface area contributed by atoms with E-state index in [9.17, 15) is 0 Å². The first-order valence-corrected chi connectivity index (χ1v) is 6.68. The number of aromatic nitrogens is 3. The minimum absolute atomic E-state index is 0.0428. The maximum absolute atomic E-state index is 5.73. The highest BCUT2D eigenvalue weighted by Crippen LogP contribution is 2.23. The zero-order chi connectivity index (χ0) is 14.7. The molecule has 6 heteroatoms. The molecule has 1 unspecified atom stereocenters. The van der Waals surface area contributed by atoms with Crippen LogP contribution < -0.4 is 16.0 Å². The van der Waals surface area contributed by atoms with Crippen LogP contribution in [0.5, 0.6) is 5.75 Å². The summed E-state index contributed by atoms with van der Waals surface area (Å²) in [6.45, 7) is 0. The summed E-state index contributed by atoms with van der Waals surface area (Å²) < 4.78 is 7.04. The van der Waals surface area contributed by atoms with Crippen molar-refractivity contribution in [1.82, 2.24) is 20.0 Å². The molecule has 6 nitrogen and oxygen atoms in total. The van der Waals surface area contributed by atoms with Crippen molar-refractivity contribution >= 4 is 5.52 Å². The molecule has 0 fully saturated rings. The van der Waals surface area contributed by atoms with Gasteiger partial charge in [0.25, 0.3) is 0 Å². The summed E-state index contributed by atoms with van der Waals surface area (Å²) in [4.78, 5) is 4.15. The van der Waals surface area contributed by atoms with Crippen LogP contribution in [0.1, 0.15) is 17.2 Å². The van der Waals surface area contributed by atoms with E-state index in [0.717, 1.165) is 28.8 Å². The van der Waals surface area contributed by atoms with Crippen molar-refractivity contribution in [2.45, 2.75) is 12.5 Å². The van der Waals surface area contributed by atoms with Gasteiger partial charge in [-0.15, -0.1) is 0 Å². The average Bonchev–Trinajstić information content (AvgIpc) is 2.97. The summed E-state index contributed by atoms with van der Waals surface area (Å²) in [7, 11) is 1.66. The highest BCUT2D eigenvalue weighted by molar-refractivity contribution is 5.53. The van der Waals surface area contributed by atoms with Gasteiger partial charge in [-0.3, -0.25) is 16.3 Å². The number of ether oxygens (including phenoxy) is 1. The predicted octanol–water partition coefficient (Wildman–Crippen LogP) is 1.48. The van der Waals surface area contributed by atoms with Crippen LogP contribution in [0.4, 0.5) is 0 Å². The molecule has 0 aliphatic heterocycles. The van der Waals surface area contributed by atoms with E-state index in [0.29, 0.717) is 0 Å². The van der Waals surface area contributed by atoms with Gasteiger partial charge in [-0.05, 0) is 24.1 Å². The Morgan fingerprint density at radius 1 is 1.38 bits per heavy atom. The number of benzene rings is 1. The standard InChI is InChI=1S/C15H17N5O/c1-21-12-4-2-3-11(7-12)8-14(19-16)13-9-18-20-6-5-17-10-15(13)20/h2-7,9-10,14,19H,8,16H2,1H3. The third-order valence-corrected chi connectivity index (χ3v) is 3.51. The predicted molar refractivity (Wildman–Crippen MR) is 79.7 cm³/mol. The Balaban J connectivity index is 1.91. The van der Waals surface area contributed by atoms with Crippen LogP contribution in [0.15, 0.2) is 49.1 Å². The van der Waals surface area contributed by atoms with Crippen LogP contribution in [0, 0.1) is 0 Å². The number of rotatable bonds is 5. The van der Waals surface area contributed by atoms with Gasteiger partial charge in [0.1, 0.15) is 5.75 Å². The smallest absolute Gasteiger partial charge is 0.119 e. The maximum atomic E-state index is 5.73. The fourth-order valence-corrected chi connectivity index (χ4v) is 2.42. The summed E-state index contributed by atoms with van der Waals surface area (Å²) in [5, 5.41) is 4.32. The zero-order valence-corrected chi connectivity index (χ0v) is 11.7. The van der Waals surface area contributed by atoms with Crippen LogP contribution >= 0.6 is 0 Å². The van der Waals surface area contributed by atoms with Gasteiger partial charge in [-0.25, -0.2) is 4.52 Å². The van der Waals surface area contributed by atoms with E-state index in [1.54, 1.807) is 24.0 Å². The Morgan fingerprint density at radius 3 is 3.10 bits per heavy atom. The molecule has 0 bridgehead atoms. The lowest BCUT2D eigenvalue weighted by Crippen LogP contribution is -2.29. The average molecular weight is 283 g/mol. The topological polar surface area (TPSA) is 77.5 Å². The molecule has 0 saturated heterocycles. The van der Waals surface area contributed by atoms with Crippen molar-refractivity contribution < 1.29 is 4.74 Å². The van der Waals surface area contributed by atoms with E-state index < -0.39 is 0 Å². The normalized spacial score (nSPS) is 12.5. The second kappa shape index (κ2) is 5.90. The molecule has 0 spiro atoms. The van der Waals surface area contributed by atoms with E-state index >= 15 is 0 Å². The van der Waals surface area contributed by atoms with Crippen molar-refractivity contribution in [3.63, 3.8) is 0 Å². The SMILES string of the molecule is COc1cccc(CC(NN)c2cnn3ccncc23)c1. The van der Waals surface area contributed by atoms with Gasteiger partial charge < -0.3 is 4.74 Å². The number of nitrogens with two attached hydrogens (primary N) is 1. The van der Waals surface area contributed by atoms with E-state index in [-0.39, 0.29) is 6.04 Å². The largest absolute Gasteiger partial charge is 0.497 e. The molecule has 2 aromatic heterocycles. The molecule has 21 heavy (non-hydrogen) atoms. The molecule has 0 saturated carbocycles. The number of hydrogen-bond acceptors (Lipinski definition) is 5. The third-order valence-electron chi connectivity index (χ3n) is 3.51. The van der Waals surface area contributed by atoms with Gasteiger partial charge in [0, 0.05) is 18.0 Å². The molecule has 2 heterocycles. The number of methoxy groups -OCH3 is 1. The van der Waals surface area contributed by atoms with E-state index in [4.69, 9.17) is 10.6 Å². The van der Waals surface area contributed by atoms with Gasteiger partial charge in [-0.1, -0.05) is 12.1 Å². The van der Waals surface area contributed by atoms with Crippen LogP contribution in [0.3, 0.4) is 0 Å². The lowest BCUT2D eigenvalue weighted by atomic mass is 10.0. The van der Waals surface area contributed by atoms with Crippen LogP contribution in [0.25, 0.3) is 5.52 Å². The zero-order valence-electron chi connectivity index (χ0n) is 11.7. The van der Waals surface area contributed by atoms with Crippen molar-refractivity contribution in [1.29, 1.82) is 0 Å². The summed E-state index contributed by atoms with van der Waals surface area (Å²) >= 11 is 0. The molecule has 3 N–H and O–H groups in total. The van der Waals surface area contributed by atoms with Crippen molar-refractivity contribution in [2.24, 2.45) is 5.84 Å². The molecule has 0 radical (unpaired) electrons. The monoisotopic (exact) mass is 283 g/mol. The lowest BCUT2D eigenvalue weighted by molar-refractivity contribution is 0.414. The van der Waals surface area contributed by atoms with Crippen molar-refractivity contribution in [3.8, 4) is 5.75 Å². The Kier molecular flexibility index (Phi) is 3.81. The summed E-state index contributed by atoms with van der Waals surface area (Å²) in [5.74, 6) is 6.57. The Labute approximate surface area is 122 Å². The van der Waals surface area contributed by atoms with E-state index in [1.165, 1.54) is 0 Å². The molecule has 1 atom stereocenters. The molecule has 1 aromatic carbocycles. The maximum Gasteiger partial charge on any atom is 0.119 e. The van der Waals surface area contributed by atoms with Gasteiger partial charge in [0.05, 0.1) is 31.1 Å². The minimum Gasteiger partial charge on any atom is -0.497 e. The highest BCUT2D eigenvalue weighted by atomic mass is 16.5. The molecular weight excluding hydrogens is 266 g/mol. The number of hydrogen-bond donors (Lipinski definition) is 2. The third kappa shape index (κ3) is 2.72. The van der Waals surface area contributed by atoms with Crippen LogP contribution in [0.2, 0.25) is 0 Å². The summed E-state index contributed by atoms with van der Waals surface area (Å²) in [6, 6.07) is 7.91. The quantitative estimate of drug-likeness (QED) is 0.548. The number of hydrazine groups is 1. The van der Waals surface area contributed by atoms with Crippen LogP contribution in [-0.4, -0.2) is 21.7 Å². The van der Waals surface area contributed by atoms with Crippen LogP contribution in [-0.2, 0) is 6.42 Å². The molecule has 0 amide bonds. The van der Waals surface area contributed by atoms with Gasteiger partial charge >= 0.3 is 0 Å². The molecule has 3 rings (SSSR count). The second-order valence-corrected chi connectivity index (χ2v) is 4.78. The number of nitrogens with one attached hydrogen (secondary N) is 1. The van der Waals surface area contributed by atoms with Gasteiger partial charge in [0.2, 0.25) is 0 Å². The Bertz CT molecular complexity index is 740. The molecule has 0 aliphatic carbocycles. The fraction of sp³-hybridized carbons (Fsp3) is 0.200. The van der Waals surface area contributed by atoms with Gasteiger partial charge in [0.15, 0.2) is 0 Å². The first-order valence-electron chi connectivity index (χ1n) is 6.68. The van der Waals surface area contributed by atoms with Gasteiger partial charge in [-0.2, -0.15) is 5.10 Å². The first-order chi connectivity index (χ1) is 10.3. The first kappa shape index (κ1) is 13.5. The Hall–Kier alpha value is -2.44. The van der Waals surface area contributed by atoms with Crippen molar-refractivity contribution in [2.75, 3.05) is 7.11 Å². The minimum atomic E-state index is -0.0428. The fourth-order valence-electron chi connectivity index (χ4n) is 2.42. The molecular formula is C15H17N5O. The number of nitrogens with zero attached hydrogens (tertiary/aromatic N) is 3. The second-order valence-electron chi connectivity index (χ2n) is 4.78. The molecule has 108 valence electrons. The summed E-state index contributed by atoms with van der Waals surface area (Å²) in [5.41, 5.74) is 5.97. The van der Waals surface area contributed by atoms with E-state index in [2.05, 4.69) is 21.6 Å². The highest BCUT2D eigenvalue weighted by Gasteiger charge is 2.16. The summed E-state index contributed by atoms with van der Waals surface area (Å²) in [6.07, 6.45) is 7.87. The molecule has 3 aromatic rings. The lowest BCUT2D eigenvalue weighted by Gasteiger charge is -2.15. The Morgan fingerprint density at radius 2 is 2.29 bits per heavy atom. The van der Waals surface area contributed by atoms with E-state index in [1.807, 2.05) is 30.6 Å². The number of fused-ring (bicyclic) bond motifs is 1.